The van der Waals surface area contributed by atoms with Crippen LogP contribution in [0.2, 0.25) is 0 Å². The molecule has 1 N–H and O–H groups in total. The smallest absolute Gasteiger partial charge is 0.137 e. The molecule has 0 radical (unpaired) electrons. The molecule has 1 aliphatic heterocycles. The van der Waals surface area contributed by atoms with Crippen LogP contribution in [-0.4, -0.2) is 25.0 Å². The SMILES string of the molecule is CCNCc1ccc(SC2COC2)c(F)c1. The van der Waals surface area contributed by atoms with E-state index in [1.54, 1.807) is 17.8 Å². The molecule has 0 aliphatic carbocycles. The topological polar surface area (TPSA) is 21.3 Å². The Kier molecular flexibility index (Phi) is 4.21. The number of hydrogen-bond acceptors (Lipinski definition) is 3. The quantitative estimate of drug-likeness (QED) is 0.855. The molecule has 2 rings (SSSR count). The molecule has 4 heteroatoms. The molecular weight excluding hydrogens is 225 g/mol. The van der Waals surface area contributed by atoms with Gasteiger partial charge < -0.3 is 10.1 Å². The zero-order valence-electron chi connectivity index (χ0n) is 9.33. The minimum absolute atomic E-state index is 0.118. The first-order chi connectivity index (χ1) is 7.79. The van der Waals surface area contributed by atoms with Crippen LogP contribution in [0.25, 0.3) is 0 Å². The maximum absolute atomic E-state index is 13.7. The molecule has 0 spiro atoms. The molecule has 0 bridgehead atoms. The van der Waals surface area contributed by atoms with Crippen molar-refractivity contribution < 1.29 is 9.13 Å². The highest BCUT2D eigenvalue weighted by molar-refractivity contribution is 8.00. The largest absolute Gasteiger partial charge is 0.379 e. The van der Waals surface area contributed by atoms with E-state index in [4.69, 9.17) is 4.74 Å². The molecular formula is C12H16FNOS. The van der Waals surface area contributed by atoms with Crippen molar-refractivity contribution in [2.45, 2.75) is 23.6 Å². The van der Waals surface area contributed by atoms with Gasteiger partial charge in [-0.3, -0.25) is 0 Å². The van der Waals surface area contributed by atoms with Crippen molar-refractivity contribution in [3.05, 3.63) is 29.6 Å². The van der Waals surface area contributed by atoms with Gasteiger partial charge in [0, 0.05) is 11.4 Å². The van der Waals surface area contributed by atoms with Crippen molar-refractivity contribution in [2.75, 3.05) is 19.8 Å². The summed E-state index contributed by atoms with van der Waals surface area (Å²) < 4.78 is 18.8. The second-order valence-corrected chi connectivity index (χ2v) is 5.16. The number of rotatable bonds is 5. The van der Waals surface area contributed by atoms with E-state index in [0.717, 1.165) is 36.8 Å². The lowest BCUT2D eigenvalue weighted by atomic mass is 10.2. The summed E-state index contributed by atoms with van der Waals surface area (Å²) in [5, 5.41) is 3.61. The number of halogens is 1. The molecule has 1 saturated heterocycles. The van der Waals surface area contributed by atoms with Gasteiger partial charge in [0.25, 0.3) is 0 Å². The van der Waals surface area contributed by atoms with Gasteiger partial charge in [-0.1, -0.05) is 13.0 Å². The second-order valence-electron chi connectivity index (χ2n) is 3.82. The first kappa shape index (κ1) is 11.9. The van der Waals surface area contributed by atoms with Crippen LogP contribution in [-0.2, 0) is 11.3 Å². The molecule has 1 aromatic carbocycles. The summed E-state index contributed by atoms with van der Waals surface area (Å²) in [6.07, 6.45) is 0. The molecule has 1 fully saturated rings. The summed E-state index contributed by atoms with van der Waals surface area (Å²) >= 11 is 1.57. The summed E-state index contributed by atoms with van der Waals surface area (Å²) in [7, 11) is 0. The van der Waals surface area contributed by atoms with Crippen molar-refractivity contribution in [1.29, 1.82) is 0 Å². The van der Waals surface area contributed by atoms with Gasteiger partial charge in [0.15, 0.2) is 0 Å². The highest BCUT2D eigenvalue weighted by Gasteiger charge is 2.20. The maximum Gasteiger partial charge on any atom is 0.137 e. The Bertz CT molecular complexity index is 355. The summed E-state index contributed by atoms with van der Waals surface area (Å²) in [6.45, 7) is 5.14. The zero-order valence-corrected chi connectivity index (χ0v) is 10.1. The maximum atomic E-state index is 13.7. The Morgan fingerprint density at radius 2 is 2.31 bits per heavy atom. The predicted octanol–water partition coefficient (Wildman–Crippen LogP) is 2.43. The molecule has 88 valence electrons. The van der Waals surface area contributed by atoms with Crippen molar-refractivity contribution in [2.24, 2.45) is 0 Å². The lowest BCUT2D eigenvalue weighted by Crippen LogP contribution is -2.30. The number of nitrogens with one attached hydrogen (secondary N) is 1. The van der Waals surface area contributed by atoms with E-state index in [0.29, 0.717) is 5.25 Å². The van der Waals surface area contributed by atoms with E-state index in [2.05, 4.69) is 5.32 Å². The van der Waals surface area contributed by atoms with Gasteiger partial charge in [-0.15, -0.1) is 11.8 Å². The van der Waals surface area contributed by atoms with E-state index in [1.165, 1.54) is 0 Å². The van der Waals surface area contributed by atoms with Crippen LogP contribution >= 0.6 is 11.8 Å². The molecule has 0 atom stereocenters. The van der Waals surface area contributed by atoms with Crippen molar-refractivity contribution >= 4 is 11.8 Å². The molecule has 1 aromatic rings. The van der Waals surface area contributed by atoms with Crippen molar-refractivity contribution in [3.8, 4) is 0 Å². The normalized spacial score (nSPS) is 16.1. The highest BCUT2D eigenvalue weighted by Crippen LogP contribution is 2.30. The van der Waals surface area contributed by atoms with Gasteiger partial charge in [-0.25, -0.2) is 4.39 Å². The minimum atomic E-state index is -0.118. The monoisotopic (exact) mass is 241 g/mol. The standard InChI is InChI=1S/C12H16FNOS/c1-2-14-6-9-3-4-12(11(13)5-9)16-10-7-15-8-10/h3-5,10,14H,2,6-8H2,1H3. The van der Waals surface area contributed by atoms with Crippen LogP contribution in [0.3, 0.4) is 0 Å². The number of benzene rings is 1. The molecule has 2 nitrogen and oxygen atoms in total. The van der Waals surface area contributed by atoms with Gasteiger partial charge >= 0.3 is 0 Å². The predicted molar refractivity (Wildman–Crippen MR) is 64.2 cm³/mol. The third-order valence-corrected chi connectivity index (χ3v) is 3.67. The number of hydrogen-bond donors (Lipinski definition) is 1. The Balaban J connectivity index is 1.97. The Morgan fingerprint density at radius 3 is 2.88 bits per heavy atom. The Morgan fingerprint density at radius 1 is 1.50 bits per heavy atom. The van der Waals surface area contributed by atoms with E-state index in [-0.39, 0.29) is 5.82 Å². The van der Waals surface area contributed by atoms with Crippen LogP contribution < -0.4 is 5.32 Å². The molecule has 1 heterocycles. The van der Waals surface area contributed by atoms with Gasteiger partial charge in [-0.2, -0.15) is 0 Å². The number of thioether (sulfide) groups is 1. The molecule has 0 saturated carbocycles. The average molecular weight is 241 g/mol. The number of ether oxygens (including phenoxy) is 1. The fraction of sp³-hybridized carbons (Fsp3) is 0.500. The second kappa shape index (κ2) is 5.66. The van der Waals surface area contributed by atoms with Gasteiger partial charge in [0.05, 0.1) is 18.5 Å². The summed E-state index contributed by atoms with van der Waals surface area (Å²) in [5.41, 5.74) is 0.994. The molecule has 0 amide bonds. The van der Waals surface area contributed by atoms with Gasteiger partial charge in [-0.05, 0) is 24.2 Å². The van der Waals surface area contributed by atoms with E-state index < -0.39 is 0 Å². The van der Waals surface area contributed by atoms with Crippen LogP contribution in [0, 0.1) is 5.82 Å². The fourth-order valence-electron chi connectivity index (χ4n) is 1.48. The molecule has 0 unspecified atom stereocenters. The van der Waals surface area contributed by atoms with E-state index >= 15 is 0 Å². The Hall–Kier alpha value is -0.580. The van der Waals surface area contributed by atoms with E-state index in [1.807, 2.05) is 19.1 Å². The molecule has 1 aliphatic rings. The third kappa shape index (κ3) is 2.97. The molecule has 0 aromatic heterocycles. The van der Waals surface area contributed by atoms with Gasteiger partial charge in [0.2, 0.25) is 0 Å². The van der Waals surface area contributed by atoms with E-state index in [9.17, 15) is 4.39 Å². The van der Waals surface area contributed by atoms with Crippen LogP contribution in [0.5, 0.6) is 0 Å². The van der Waals surface area contributed by atoms with Crippen LogP contribution in [0.4, 0.5) is 4.39 Å². The lowest BCUT2D eigenvalue weighted by Gasteiger charge is -2.25. The van der Waals surface area contributed by atoms with Crippen molar-refractivity contribution in [1.82, 2.24) is 5.32 Å². The zero-order chi connectivity index (χ0) is 11.4. The Labute approximate surface area is 99.6 Å². The average Bonchev–Trinajstić information content (AvgIpc) is 2.22. The third-order valence-electron chi connectivity index (χ3n) is 2.48. The van der Waals surface area contributed by atoms with Crippen molar-refractivity contribution in [3.63, 3.8) is 0 Å². The summed E-state index contributed by atoms with van der Waals surface area (Å²) in [6, 6.07) is 5.46. The summed E-state index contributed by atoms with van der Waals surface area (Å²) in [5.74, 6) is -0.118. The van der Waals surface area contributed by atoms with Gasteiger partial charge in [0.1, 0.15) is 5.82 Å². The highest BCUT2D eigenvalue weighted by atomic mass is 32.2. The summed E-state index contributed by atoms with van der Waals surface area (Å²) in [4.78, 5) is 0.730. The lowest BCUT2D eigenvalue weighted by molar-refractivity contribution is 0.0455. The van der Waals surface area contributed by atoms with Crippen LogP contribution in [0.15, 0.2) is 23.1 Å². The first-order valence-corrected chi connectivity index (χ1v) is 6.41. The minimum Gasteiger partial charge on any atom is -0.379 e. The first-order valence-electron chi connectivity index (χ1n) is 5.53. The van der Waals surface area contributed by atoms with Crippen LogP contribution in [0.1, 0.15) is 12.5 Å². The fourth-order valence-corrected chi connectivity index (χ4v) is 2.49. The molecule has 16 heavy (non-hydrogen) atoms.